The third-order valence-corrected chi connectivity index (χ3v) is 3.68. The maximum absolute atomic E-state index is 8.96. The van der Waals surface area contributed by atoms with Crippen LogP contribution in [0.2, 0.25) is 5.15 Å². The smallest absolute Gasteiger partial charge is 0.132 e. The molecule has 2 rings (SSSR count). The largest absolute Gasteiger partial charge is 0.354 e. The minimum absolute atomic E-state index is 0.385. The van der Waals surface area contributed by atoms with E-state index in [2.05, 4.69) is 34.8 Å². The summed E-state index contributed by atoms with van der Waals surface area (Å²) in [6, 6.07) is 6.06. The Morgan fingerprint density at radius 1 is 1.50 bits per heavy atom. The Balaban J connectivity index is 2.22. The number of anilines is 1. The second kappa shape index (κ2) is 5.55. The number of nitriles is 1. The maximum atomic E-state index is 8.96. The highest BCUT2D eigenvalue weighted by molar-refractivity contribution is 6.29. The lowest BCUT2D eigenvalue weighted by molar-refractivity contribution is 0.213. The summed E-state index contributed by atoms with van der Waals surface area (Å²) in [5.41, 5.74) is 0.567. The quantitative estimate of drug-likeness (QED) is 0.768. The first-order valence-electron chi connectivity index (χ1n) is 6.17. The van der Waals surface area contributed by atoms with E-state index in [1.165, 1.54) is 0 Å². The summed E-state index contributed by atoms with van der Waals surface area (Å²) < 4.78 is 0. The van der Waals surface area contributed by atoms with Gasteiger partial charge in [0.1, 0.15) is 11.0 Å². The Morgan fingerprint density at radius 3 is 2.94 bits per heavy atom. The zero-order valence-corrected chi connectivity index (χ0v) is 11.5. The number of halogens is 1. The number of rotatable bonds is 2. The van der Waals surface area contributed by atoms with Crippen LogP contribution in [-0.4, -0.2) is 42.6 Å². The topological polar surface area (TPSA) is 43.2 Å². The van der Waals surface area contributed by atoms with Gasteiger partial charge in [0.15, 0.2) is 0 Å². The number of aromatic nitrogens is 1. The Morgan fingerprint density at radius 2 is 2.28 bits per heavy atom. The van der Waals surface area contributed by atoms with Crippen LogP contribution >= 0.6 is 11.6 Å². The lowest BCUT2D eigenvalue weighted by atomic mass is 10.1. The number of piperazine rings is 1. The highest BCUT2D eigenvalue weighted by Gasteiger charge is 2.24. The SMILES string of the molecule is CCC1CN(c2cc(C#N)cc(Cl)n2)CCN1C. The molecule has 0 bridgehead atoms. The maximum Gasteiger partial charge on any atom is 0.132 e. The average Bonchev–Trinajstić information content (AvgIpc) is 2.38. The van der Waals surface area contributed by atoms with Crippen LogP contribution in [0.25, 0.3) is 0 Å². The Hall–Kier alpha value is -1.31. The Bertz CT molecular complexity index is 469. The summed E-state index contributed by atoms with van der Waals surface area (Å²) in [6.07, 6.45) is 1.11. The summed E-state index contributed by atoms with van der Waals surface area (Å²) in [6.45, 7) is 5.06. The van der Waals surface area contributed by atoms with Gasteiger partial charge in [-0.05, 0) is 25.6 Å². The van der Waals surface area contributed by atoms with Crippen molar-refractivity contribution in [1.82, 2.24) is 9.88 Å². The molecule has 1 saturated heterocycles. The molecule has 18 heavy (non-hydrogen) atoms. The standard InChI is InChI=1S/C13H17ClN4/c1-3-11-9-18(5-4-17(11)2)13-7-10(8-15)6-12(14)16-13/h6-7,11H,3-5,9H2,1-2H3. The summed E-state index contributed by atoms with van der Waals surface area (Å²) in [5, 5.41) is 9.35. The monoisotopic (exact) mass is 264 g/mol. The van der Waals surface area contributed by atoms with Crippen molar-refractivity contribution in [3.05, 3.63) is 22.8 Å². The number of nitrogens with zero attached hydrogens (tertiary/aromatic N) is 4. The summed E-state index contributed by atoms with van der Waals surface area (Å²) in [4.78, 5) is 8.90. The van der Waals surface area contributed by atoms with Gasteiger partial charge in [-0.15, -0.1) is 0 Å². The van der Waals surface area contributed by atoms with Gasteiger partial charge in [0.2, 0.25) is 0 Å². The number of pyridine rings is 1. The molecule has 1 aliphatic heterocycles. The fourth-order valence-corrected chi connectivity index (χ4v) is 2.51. The van der Waals surface area contributed by atoms with Gasteiger partial charge in [0, 0.05) is 25.7 Å². The second-order valence-electron chi connectivity index (χ2n) is 4.64. The first-order chi connectivity index (χ1) is 8.63. The van der Waals surface area contributed by atoms with Gasteiger partial charge >= 0.3 is 0 Å². The first kappa shape index (κ1) is 13.1. The van der Waals surface area contributed by atoms with E-state index in [-0.39, 0.29) is 0 Å². The van der Waals surface area contributed by atoms with Crippen molar-refractivity contribution in [2.24, 2.45) is 0 Å². The molecule has 0 radical (unpaired) electrons. The molecule has 1 fully saturated rings. The molecule has 1 aromatic heterocycles. The summed E-state index contributed by atoms with van der Waals surface area (Å²) in [5.74, 6) is 0.811. The number of hydrogen-bond donors (Lipinski definition) is 0. The van der Waals surface area contributed by atoms with Crippen LogP contribution in [0.3, 0.4) is 0 Å². The molecular weight excluding hydrogens is 248 g/mol. The van der Waals surface area contributed by atoms with E-state index in [0.717, 1.165) is 31.9 Å². The van der Waals surface area contributed by atoms with Crippen molar-refractivity contribution < 1.29 is 0 Å². The second-order valence-corrected chi connectivity index (χ2v) is 5.02. The molecule has 1 atom stereocenters. The van der Waals surface area contributed by atoms with E-state index in [1.54, 1.807) is 6.07 Å². The molecular formula is C13H17ClN4. The van der Waals surface area contributed by atoms with Gasteiger partial charge in [0.05, 0.1) is 11.6 Å². The lowest BCUT2D eigenvalue weighted by Crippen LogP contribution is -2.51. The minimum atomic E-state index is 0.385. The van der Waals surface area contributed by atoms with E-state index in [0.29, 0.717) is 16.8 Å². The molecule has 2 heterocycles. The van der Waals surface area contributed by atoms with Crippen LogP contribution in [0.1, 0.15) is 18.9 Å². The van der Waals surface area contributed by atoms with Gasteiger partial charge in [-0.2, -0.15) is 5.26 Å². The average molecular weight is 265 g/mol. The van der Waals surface area contributed by atoms with Crippen LogP contribution in [0.15, 0.2) is 12.1 Å². The van der Waals surface area contributed by atoms with Crippen molar-refractivity contribution in [2.75, 3.05) is 31.6 Å². The predicted octanol–water partition coefficient (Wildman–Crippen LogP) is 2.14. The summed E-state index contributed by atoms with van der Waals surface area (Å²) >= 11 is 5.95. The van der Waals surface area contributed by atoms with E-state index in [9.17, 15) is 0 Å². The molecule has 1 aliphatic rings. The third kappa shape index (κ3) is 2.74. The normalized spacial score (nSPS) is 20.8. The van der Waals surface area contributed by atoms with Crippen LogP contribution in [-0.2, 0) is 0 Å². The van der Waals surface area contributed by atoms with E-state index >= 15 is 0 Å². The van der Waals surface area contributed by atoms with Gasteiger partial charge in [-0.3, -0.25) is 4.90 Å². The van der Waals surface area contributed by atoms with Gasteiger partial charge < -0.3 is 4.90 Å². The molecule has 96 valence electrons. The van der Waals surface area contributed by atoms with Crippen LogP contribution in [0, 0.1) is 11.3 Å². The van der Waals surface area contributed by atoms with Crippen LogP contribution in [0.5, 0.6) is 0 Å². The number of likely N-dealkylation sites (N-methyl/N-ethyl adjacent to an activating group) is 1. The van der Waals surface area contributed by atoms with Gasteiger partial charge in [-0.1, -0.05) is 18.5 Å². The fourth-order valence-electron chi connectivity index (χ4n) is 2.30. The van der Waals surface area contributed by atoms with E-state index < -0.39 is 0 Å². The lowest BCUT2D eigenvalue weighted by Gasteiger charge is -2.39. The Kier molecular flexibility index (Phi) is 4.05. The van der Waals surface area contributed by atoms with Crippen molar-refractivity contribution in [2.45, 2.75) is 19.4 Å². The molecule has 0 aliphatic carbocycles. The highest BCUT2D eigenvalue weighted by Crippen LogP contribution is 2.21. The molecule has 4 nitrogen and oxygen atoms in total. The first-order valence-corrected chi connectivity index (χ1v) is 6.54. The molecule has 0 amide bonds. The van der Waals surface area contributed by atoms with Gasteiger partial charge in [0.25, 0.3) is 0 Å². The van der Waals surface area contributed by atoms with Gasteiger partial charge in [-0.25, -0.2) is 4.98 Å². The van der Waals surface area contributed by atoms with E-state index in [1.807, 2.05) is 6.07 Å². The van der Waals surface area contributed by atoms with Crippen molar-refractivity contribution in [3.63, 3.8) is 0 Å². The number of hydrogen-bond acceptors (Lipinski definition) is 4. The zero-order valence-electron chi connectivity index (χ0n) is 10.7. The zero-order chi connectivity index (χ0) is 13.1. The van der Waals surface area contributed by atoms with Crippen molar-refractivity contribution in [1.29, 1.82) is 5.26 Å². The van der Waals surface area contributed by atoms with E-state index in [4.69, 9.17) is 16.9 Å². The predicted molar refractivity (Wildman–Crippen MR) is 72.9 cm³/mol. The summed E-state index contributed by atoms with van der Waals surface area (Å²) in [7, 11) is 2.15. The van der Waals surface area contributed by atoms with Crippen molar-refractivity contribution >= 4 is 17.4 Å². The van der Waals surface area contributed by atoms with Crippen molar-refractivity contribution in [3.8, 4) is 6.07 Å². The van der Waals surface area contributed by atoms with Crippen LogP contribution < -0.4 is 4.90 Å². The molecule has 0 spiro atoms. The third-order valence-electron chi connectivity index (χ3n) is 3.48. The molecule has 0 N–H and O–H groups in total. The minimum Gasteiger partial charge on any atom is -0.354 e. The molecule has 1 aromatic rings. The molecule has 0 aromatic carbocycles. The molecule has 5 heteroatoms. The fraction of sp³-hybridized carbons (Fsp3) is 0.538. The molecule has 0 saturated carbocycles. The highest BCUT2D eigenvalue weighted by atomic mass is 35.5. The van der Waals surface area contributed by atoms with Crippen LogP contribution in [0.4, 0.5) is 5.82 Å². The molecule has 1 unspecified atom stereocenters. The Labute approximate surface area is 113 Å².